The van der Waals surface area contributed by atoms with Crippen LogP contribution in [-0.4, -0.2) is 51.2 Å². The van der Waals surface area contributed by atoms with E-state index in [1.807, 2.05) is 13.8 Å². The maximum atomic E-state index is 12.6. The summed E-state index contributed by atoms with van der Waals surface area (Å²) in [5.74, 6) is 0.00247. The van der Waals surface area contributed by atoms with Crippen molar-refractivity contribution in [3.63, 3.8) is 0 Å². The molecule has 0 aliphatic carbocycles. The van der Waals surface area contributed by atoms with Crippen LogP contribution >= 0.6 is 0 Å². The lowest BCUT2D eigenvalue weighted by Gasteiger charge is -2.32. The first-order chi connectivity index (χ1) is 11.9. The van der Waals surface area contributed by atoms with Gasteiger partial charge in [-0.25, -0.2) is 4.98 Å². The molecule has 2 aromatic rings. The quantitative estimate of drug-likeness (QED) is 0.867. The molecule has 0 saturated carbocycles. The highest BCUT2D eigenvalue weighted by Crippen LogP contribution is 2.20. The highest BCUT2D eigenvalue weighted by Gasteiger charge is 2.22. The Hall–Kier alpha value is -2.15. The largest absolute Gasteiger partial charge is 0.352 e. The maximum absolute atomic E-state index is 12.6. The third kappa shape index (κ3) is 3.46. The van der Waals surface area contributed by atoms with E-state index in [0.29, 0.717) is 11.0 Å². The van der Waals surface area contributed by atoms with Crippen LogP contribution in [0, 0.1) is 13.8 Å². The summed E-state index contributed by atoms with van der Waals surface area (Å²) >= 11 is 0. The van der Waals surface area contributed by atoms with E-state index in [9.17, 15) is 9.59 Å². The van der Waals surface area contributed by atoms with Crippen LogP contribution in [0.15, 0.2) is 4.79 Å². The van der Waals surface area contributed by atoms with Crippen molar-refractivity contribution in [3.8, 4) is 0 Å². The Morgan fingerprint density at radius 1 is 1.40 bits per heavy atom. The lowest BCUT2D eigenvalue weighted by atomic mass is 10.0. The van der Waals surface area contributed by atoms with E-state index in [0.717, 1.165) is 49.3 Å². The van der Waals surface area contributed by atoms with E-state index >= 15 is 0 Å². The summed E-state index contributed by atoms with van der Waals surface area (Å²) in [7, 11) is 1.77. The Morgan fingerprint density at radius 2 is 2.16 bits per heavy atom. The molecule has 2 N–H and O–H groups in total. The number of fused-ring (bicyclic) bond motifs is 1. The Bertz CT molecular complexity index is 851. The number of nitrogens with zero attached hydrogens (tertiary/aromatic N) is 3. The van der Waals surface area contributed by atoms with Gasteiger partial charge in [0.05, 0.1) is 11.8 Å². The first kappa shape index (κ1) is 17.7. The topological polar surface area (TPSA) is 83.0 Å². The summed E-state index contributed by atoms with van der Waals surface area (Å²) in [6.45, 7) is 8.98. The molecule has 0 radical (unpaired) electrons. The van der Waals surface area contributed by atoms with Crippen molar-refractivity contribution in [1.29, 1.82) is 0 Å². The predicted molar refractivity (Wildman–Crippen MR) is 97.8 cm³/mol. The Kier molecular flexibility index (Phi) is 4.94. The zero-order valence-electron chi connectivity index (χ0n) is 15.5. The van der Waals surface area contributed by atoms with Crippen LogP contribution in [0.1, 0.15) is 36.6 Å². The second kappa shape index (κ2) is 7.00. The molecular formula is C18H27N5O2. The standard InChI is InChI=1S/C18H27N5O2/c1-5-23-8-6-7-13(10-23)20-15(24)9-14-11(2)16-17(19-12(14)3)22(4)21-18(16)25/h13H,5-10H2,1-4H3,(H,20,24)(H,21,25). The molecule has 1 aliphatic heterocycles. The van der Waals surface area contributed by atoms with Crippen molar-refractivity contribution in [1.82, 2.24) is 25.0 Å². The van der Waals surface area contributed by atoms with Crippen LogP contribution < -0.4 is 10.9 Å². The smallest absolute Gasteiger partial charge is 0.273 e. The molecule has 7 nitrogen and oxygen atoms in total. The zero-order valence-corrected chi connectivity index (χ0v) is 15.5. The third-order valence-electron chi connectivity index (χ3n) is 5.23. The average Bonchev–Trinajstić information content (AvgIpc) is 2.85. The van der Waals surface area contributed by atoms with E-state index in [4.69, 9.17) is 0 Å². The number of aryl methyl sites for hydroxylation is 3. The van der Waals surface area contributed by atoms with Gasteiger partial charge < -0.3 is 10.2 Å². The Labute approximate surface area is 147 Å². The van der Waals surface area contributed by atoms with Crippen LogP contribution in [0.4, 0.5) is 0 Å². The van der Waals surface area contributed by atoms with Crippen molar-refractivity contribution < 1.29 is 4.79 Å². The van der Waals surface area contributed by atoms with E-state index in [1.54, 1.807) is 11.7 Å². The molecule has 7 heteroatoms. The minimum Gasteiger partial charge on any atom is -0.352 e. The first-order valence-electron chi connectivity index (χ1n) is 8.97. The van der Waals surface area contributed by atoms with Gasteiger partial charge >= 0.3 is 0 Å². The minimum atomic E-state index is -0.157. The highest BCUT2D eigenvalue weighted by atomic mass is 16.1. The number of pyridine rings is 1. The fraction of sp³-hybridized carbons (Fsp3) is 0.611. The van der Waals surface area contributed by atoms with Gasteiger partial charge in [-0.3, -0.25) is 19.4 Å². The summed E-state index contributed by atoms with van der Waals surface area (Å²) in [5, 5.41) is 6.46. The summed E-state index contributed by atoms with van der Waals surface area (Å²) in [4.78, 5) is 31.6. The van der Waals surface area contributed by atoms with Crippen molar-refractivity contribution in [3.05, 3.63) is 27.2 Å². The number of aromatic amines is 1. The number of carbonyl (C=O) groups excluding carboxylic acids is 1. The van der Waals surface area contributed by atoms with Gasteiger partial charge in [-0.1, -0.05) is 6.92 Å². The number of amides is 1. The molecule has 0 bridgehead atoms. The Morgan fingerprint density at radius 3 is 2.88 bits per heavy atom. The van der Waals surface area contributed by atoms with Gasteiger partial charge in [-0.15, -0.1) is 0 Å². The molecule has 25 heavy (non-hydrogen) atoms. The van der Waals surface area contributed by atoms with Crippen molar-refractivity contribution >= 4 is 16.9 Å². The third-order valence-corrected chi connectivity index (χ3v) is 5.23. The number of H-pyrrole nitrogens is 1. The number of aromatic nitrogens is 3. The zero-order chi connectivity index (χ0) is 18.1. The van der Waals surface area contributed by atoms with Gasteiger partial charge in [0.15, 0.2) is 5.65 Å². The number of likely N-dealkylation sites (tertiary alicyclic amines) is 1. The number of carbonyl (C=O) groups is 1. The molecule has 3 rings (SSSR count). The van der Waals surface area contributed by atoms with Crippen LogP contribution in [0.25, 0.3) is 11.0 Å². The number of hydrogen-bond donors (Lipinski definition) is 2. The molecule has 1 atom stereocenters. The summed E-state index contributed by atoms with van der Waals surface area (Å²) < 4.78 is 1.63. The number of piperidine rings is 1. The maximum Gasteiger partial charge on any atom is 0.273 e. The predicted octanol–water partition coefficient (Wildman–Crippen LogP) is 1.02. The summed E-state index contributed by atoms with van der Waals surface area (Å²) in [5.41, 5.74) is 2.97. The van der Waals surface area contributed by atoms with Crippen LogP contribution in [0.3, 0.4) is 0 Å². The van der Waals surface area contributed by atoms with E-state index in [2.05, 4.69) is 27.2 Å². The lowest BCUT2D eigenvalue weighted by Crippen LogP contribution is -2.48. The molecule has 0 aromatic carbocycles. The van der Waals surface area contributed by atoms with E-state index < -0.39 is 0 Å². The van der Waals surface area contributed by atoms with Gasteiger partial charge in [0.25, 0.3) is 5.56 Å². The highest BCUT2D eigenvalue weighted by molar-refractivity contribution is 5.84. The molecule has 1 fully saturated rings. The molecule has 2 aromatic heterocycles. The second-order valence-corrected chi connectivity index (χ2v) is 6.98. The van der Waals surface area contributed by atoms with Gasteiger partial charge in [0, 0.05) is 25.3 Å². The lowest BCUT2D eigenvalue weighted by molar-refractivity contribution is -0.121. The van der Waals surface area contributed by atoms with E-state index in [-0.39, 0.29) is 23.9 Å². The monoisotopic (exact) mass is 345 g/mol. The molecule has 136 valence electrons. The van der Waals surface area contributed by atoms with Crippen LogP contribution in [-0.2, 0) is 18.3 Å². The van der Waals surface area contributed by atoms with Crippen molar-refractivity contribution in [2.75, 3.05) is 19.6 Å². The van der Waals surface area contributed by atoms with Gasteiger partial charge in [0.1, 0.15) is 0 Å². The molecule has 1 unspecified atom stereocenters. The number of likely N-dealkylation sites (N-methyl/N-ethyl adjacent to an activating group) is 1. The van der Waals surface area contributed by atoms with Gasteiger partial charge in [-0.05, 0) is 50.9 Å². The van der Waals surface area contributed by atoms with E-state index in [1.165, 1.54) is 0 Å². The normalized spacial score (nSPS) is 18.6. The Balaban J connectivity index is 1.79. The van der Waals surface area contributed by atoms with Gasteiger partial charge in [0.2, 0.25) is 5.91 Å². The summed E-state index contributed by atoms with van der Waals surface area (Å²) in [6, 6.07) is 0.207. The number of nitrogens with one attached hydrogen (secondary N) is 2. The fourth-order valence-corrected chi connectivity index (χ4v) is 3.81. The van der Waals surface area contributed by atoms with Crippen LogP contribution in [0.5, 0.6) is 0 Å². The summed E-state index contributed by atoms with van der Waals surface area (Å²) in [6.07, 6.45) is 2.40. The van der Waals surface area contributed by atoms with Gasteiger partial charge in [-0.2, -0.15) is 0 Å². The second-order valence-electron chi connectivity index (χ2n) is 6.98. The molecule has 1 aliphatic rings. The molecular weight excluding hydrogens is 318 g/mol. The van der Waals surface area contributed by atoms with Crippen LogP contribution in [0.2, 0.25) is 0 Å². The molecule has 3 heterocycles. The SMILES string of the molecule is CCN1CCCC(NC(=O)Cc2c(C)nc3c(c2C)c(=O)[nH]n3C)C1. The fourth-order valence-electron chi connectivity index (χ4n) is 3.81. The van der Waals surface area contributed by atoms with Crippen molar-refractivity contribution in [2.24, 2.45) is 7.05 Å². The number of hydrogen-bond acceptors (Lipinski definition) is 4. The minimum absolute atomic E-state index is 0.00247. The molecule has 0 spiro atoms. The molecule has 1 amide bonds. The number of rotatable bonds is 4. The molecule has 1 saturated heterocycles. The average molecular weight is 345 g/mol. The van der Waals surface area contributed by atoms with Crippen molar-refractivity contribution in [2.45, 2.75) is 46.1 Å². The first-order valence-corrected chi connectivity index (χ1v) is 8.97.